The van der Waals surface area contributed by atoms with Gasteiger partial charge < -0.3 is 4.90 Å². The summed E-state index contributed by atoms with van der Waals surface area (Å²) in [4.78, 5) is 34.2. The monoisotopic (exact) mass is 431 g/mol. The Bertz CT molecular complexity index is 1340. The zero-order valence-electron chi connectivity index (χ0n) is 17.6. The molecule has 0 saturated carbocycles. The number of amides is 1. The zero-order chi connectivity index (χ0) is 21.4. The van der Waals surface area contributed by atoms with E-state index in [4.69, 9.17) is 0 Å². The normalized spacial score (nSPS) is 13.5. The molecule has 6 heteroatoms. The molecule has 4 aromatic rings. The van der Waals surface area contributed by atoms with E-state index in [-0.39, 0.29) is 17.9 Å². The highest BCUT2D eigenvalue weighted by molar-refractivity contribution is 7.18. The van der Waals surface area contributed by atoms with E-state index >= 15 is 0 Å². The summed E-state index contributed by atoms with van der Waals surface area (Å²) in [6.45, 7) is 0.904. The standard InChI is InChI=1S/C25H25N3O2S/c1-27(15-17-10-11-18-6-2-3-7-19(18)14-17)22(29)12-13-28-16-26-24-23(25(28)30)20-8-4-5-9-21(20)31-24/h2-3,6-7,10-11,14,16H,4-5,8-9,12-13,15H2,1H3. The Labute approximate surface area is 185 Å². The van der Waals surface area contributed by atoms with E-state index in [0.29, 0.717) is 13.1 Å². The Morgan fingerprint density at radius 2 is 1.94 bits per heavy atom. The largest absolute Gasteiger partial charge is 0.341 e. The Morgan fingerprint density at radius 3 is 2.81 bits per heavy atom. The van der Waals surface area contributed by atoms with E-state index < -0.39 is 0 Å². The summed E-state index contributed by atoms with van der Waals surface area (Å²) in [5.41, 5.74) is 2.28. The van der Waals surface area contributed by atoms with E-state index in [1.807, 2.05) is 19.2 Å². The number of thiophene rings is 1. The molecule has 0 radical (unpaired) electrons. The first-order chi connectivity index (χ1) is 15.1. The molecule has 0 unspecified atom stereocenters. The molecular weight excluding hydrogens is 406 g/mol. The molecule has 31 heavy (non-hydrogen) atoms. The van der Waals surface area contributed by atoms with Crippen LogP contribution in [0.5, 0.6) is 0 Å². The van der Waals surface area contributed by atoms with Gasteiger partial charge in [-0.1, -0.05) is 36.4 Å². The SMILES string of the molecule is CN(Cc1ccc2ccccc2c1)C(=O)CCn1cnc2sc3c(c2c1=O)CCCC3. The predicted molar refractivity (Wildman–Crippen MR) is 126 cm³/mol. The molecule has 0 atom stereocenters. The van der Waals surface area contributed by atoms with Gasteiger partial charge in [0.05, 0.1) is 11.7 Å². The predicted octanol–water partition coefficient (Wildman–Crippen LogP) is 4.54. The third-order valence-electron chi connectivity index (χ3n) is 6.17. The van der Waals surface area contributed by atoms with Crippen LogP contribution in [-0.2, 0) is 30.7 Å². The van der Waals surface area contributed by atoms with Gasteiger partial charge in [-0.25, -0.2) is 4.98 Å². The van der Waals surface area contributed by atoms with Gasteiger partial charge in [-0.3, -0.25) is 14.2 Å². The first-order valence-electron chi connectivity index (χ1n) is 10.8. The minimum atomic E-state index is -0.00520. The Kier molecular flexibility index (Phi) is 5.32. The molecule has 1 aliphatic rings. The minimum absolute atomic E-state index is 0.00520. The van der Waals surface area contributed by atoms with Crippen LogP contribution in [0.25, 0.3) is 21.0 Å². The molecule has 0 N–H and O–H groups in total. The summed E-state index contributed by atoms with van der Waals surface area (Å²) in [5, 5.41) is 3.14. The Morgan fingerprint density at radius 1 is 1.13 bits per heavy atom. The van der Waals surface area contributed by atoms with Crippen molar-refractivity contribution in [1.29, 1.82) is 0 Å². The molecular formula is C25H25N3O2S. The number of fused-ring (bicyclic) bond motifs is 4. The fourth-order valence-corrected chi connectivity index (χ4v) is 5.67. The number of rotatable bonds is 5. The molecule has 158 valence electrons. The number of hydrogen-bond donors (Lipinski definition) is 0. The van der Waals surface area contributed by atoms with Gasteiger partial charge in [0.1, 0.15) is 4.83 Å². The van der Waals surface area contributed by atoms with Crippen molar-refractivity contribution in [3.05, 3.63) is 75.1 Å². The maximum Gasteiger partial charge on any atom is 0.262 e. The van der Waals surface area contributed by atoms with Crippen molar-refractivity contribution >= 4 is 38.2 Å². The highest BCUT2D eigenvalue weighted by Gasteiger charge is 2.20. The number of benzene rings is 2. The van der Waals surface area contributed by atoms with Crippen molar-refractivity contribution in [3.8, 4) is 0 Å². The van der Waals surface area contributed by atoms with Crippen molar-refractivity contribution < 1.29 is 4.79 Å². The van der Waals surface area contributed by atoms with Gasteiger partial charge in [0.2, 0.25) is 5.91 Å². The molecule has 5 rings (SSSR count). The van der Waals surface area contributed by atoms with E-state index in [9.17, 15) is 9.59 Å². The second-order valence-electron chi connectivity index (χ2n) is 8.32. The van der Waals surface area contributed by atoms with Crippen molar-refractivity contribution in [2.45, 2.75) is 45.2 Å². The number of nitrogens with zero attached hydrogens (tertiary/aromatic N) is 3. The summed E-state index contributed by atoms with van der Waals surface area (Å²) in [5.74, 6) is 0.0208. The van der Waals surface area contributed by atoms with E-state index in [0.717, 1.165) is 35.0 Å². The molecule has 0 bridgehead atoms. The number of aryl methyl sites for hydroxylation is 3. The number of hydrogen-bond acceptors (Lipinski definition) is 4. The molecule has 0 fully saturated rings. The molecule has 0 spiro atoms. The Hall–Kier alpha value is -2.99. The topological polar surface area (TPSA) is 55.2 Å². The van der Waals surface area contributed by atoms with Crippen molar-refractivity contribution in [3.63, 3.8) is 0 Å². The van der Waals surface area contributed by atoms with Crippen LogP contribution in [0.1, 0.15) is 35.3 Å². The van der Waals surface area contributed by atoms with Crippen molar-refractivity contribution in [2.75, 3.05) is 7.05 Å². The molecule has 2 aromatic carbocycles. The van der Waals surface area contributed by atoms with E-state index in [1.165, 1.54) is 27.6 Å². The van der Waals surface area contributed by atoms with Gasteiger partial charge in [-0.2, -0.15) is 0 Å². The number of carbonyl (C=O) groups excluding carboxylic acids is 1. The molecule has 2 aromatic heterocycles. The van der Waals surface area contributed by atoms with Crippen LogP contribution in [0.3, 0.4) is 0 Å². The van der Waals surface area contributed by atoms with Crippen molar-refractivity contribution in [2.24, 2.45) is 0 Å². The molecule has 1 amide bonds. The van der Waals surface area contributed by atoms with Crippen LogP contribution < -0.4 is 5.56 Å². The summed E-state index contributed by atoms with van der Waals surface area (Å²) >= 11 is 1.65. The average molecular weight is 432 g/mol. The third-order valence-corrected chi connectivity index (χ3v) is 7.37. The van der Waals surface area contributed by atoms with Gasteiger partial charge in [0.25, 0.3) is 5.56 Å². The lowest BCUT2D eigenvalue weighted by Gasteiger charge is -2.18. The van der Waals surface area contributed by atoms with E-state index in [2.05, 4.69) is 35.3 Å². The van der Waals surface area contributed by atoms with Crippen LogP contribution in [0, 0.1) is 0 Å². The smallest absolute Gasteiger partial charge is 0.262 e. The van der Waals surface area contributed by atoms with Gasteiger partial charge in [0, 0.05) is 31.4 Å². The van der Waals surface area contributed by atoms with Crippen LogP contribution >= 0.6 is 11.3 Å². The maximum atomic E-state index is 13.1. The highest BCUT2D eigenvalue weighted by Crippen LogP contribution is 2.33. The summed E-state index contributed by atoms with van der Waals surface area (Å²) in [6, 6.07) is 14.5. The lowest BCUT2D eigenvalue weighted by atomic mass is 9.97. The molecule has 1 aliphatic carbocycles. The molecule has 5 nitrogen and oxygen atoms in total. The fraction of sp³-hybridized carbons (Fsp3) is 0.320. The summed E-state index contributed by atoms with van der Waals surface area (Å²) in [6.07, 6.45) is 6.21. The second kappa shape index (κ2) is 8.27. The molecule has 0 aliphatic heterocycles. The first-order valence-corrected chi connectivity index (χ1v) is 11.6. The zero-order valence-corrected chi connectivity index (χ0v) is 18.5. The number of carbonyl (C=O) groups is 1. The lowest BCUT2D eigenvalue weighted by molar-refractivity contribution is -0.130. The minimum Gasteiger partial charge on any atom is -0.341 e. The highest BCUT2D eigenvalue weighted by atomic mass is 32.1. The Balaban J connectivity index is 1.28. The van der Waals surface area contributed by atoms with E-state index in [1.54, 1.807) is 27.1 Å². The van der Waals surface area contributed by atoms with Crippen LogP contribution in [-0.4, -0.2) is 27.4 Å². The first kappa shape index (κ1) is 19.9. The van der Waals surface area contributed by atoms with Crippen molar-refractivity contribution in [1.82, 2.24) is 14.5 Å². The summed E-state index contributed by atoms with van der Waals surface area (Å²) in [7, 11) is 1.82. The quantitative estimate of drug-likeness (QED) is 0.466. The van der Waals surface area contributed by atoms with Crippen LogP contribution in [0.15, 0.2) is 53.6 Å². The second-order valence-corrected chi connectivity index (χ2v) is 9.40. The van der Waals surface area contributed by atoms with Crippen LogP contribution in [0.2, 0.25) is 0 Å². The van der Waals surface area contributed by atoms with Gasteiger partial charge >= 0.3 is 0 Å². The van der Waals surface area contributed by atoms with Gasteiger partial charge in [-0.05, 0) is 53.6 Å². The molecule has 0 saturated heterocycles. The van der Waals surface area contributed by atoms with Gasteiger partial charge in [0.15, 0.2) is 0 Å². The fourth-order valence-electron chi connectivity index (χ4n) is 4.45. The van der Waals surface area contributed by atoms with Crippen LogP contribution in [0.4, 0.5) is 0 Å². The number of aromatic nitrogens is 2. The molecule has 2 heterocycles. The lowest BCUT2D eigenvalue weighted by Crippen LogP contribution is -2.29. The summed E-state index contributed by atoms with van der Waals surface area (Å²) < 4.78 is 1.60. The average Bonchev–Trinajstić information content (AvgIpc) is 3.17. The van der Waals surface area contributed by atoms with Gasteiger partial charge in [-0.15, -0.1) is 11.3 Å². The third kappa shape index (κ3) is 3.88. The maximum absolute atomic E-state index is 13.1.